The number of esters is 1. The normalized spacial score (nSPS) is 10.9. The van der Waals surface area contributed by atoms with E-state index in [1.165, 1.54) is 42.7 Å². The molecular weight excluding hydrogens is 353 g/mol. The molecule has 24 heavy (non-hydrogen) atoms. The Balaban J connectivity index is 2.23. The number of nitrogens with one attached hydrogen (secondary N) is 1. The number of hydrogen-bond donors (Lipinski definition) is 1. The Morgan fingerprint density at radius 1 is 1.33 bits per heavy atom. The van der Waals surface area contributed by atoms with Crippen LogP contribution in [0.1, 0.15) is 26.4 Å². The van der Waals surface area contributed by atoms with Crippen molar-refractivity contribution in [3.05, 3.63) is 56.7 Å². The quantitative estimate of drug-likeness (QED) is 0.635. The van der Waals surface area contributed by atoms with Crippen LogP contribution in [0.3, 0.4) is 0 Å². The highest BCUT2D eigenvalue weighted by Gasteiger charge is 2.21. The zero-order chi connectivity index (χ0) is 17.9. The molecule has 4 nitrogen and oxygen atoms in total. The van der Waals surface area contributed by atoms with Crippen molar-refractivity contribution in [2.75, 3.05) is 12.4 Å². The molecule has 126 valence electrons. The van der Waals surface area contributed by atoms with Gasteiger partial charge in [-0.1, -0.05) is 17.7 Å². The molecule has 1 aromatic heterocycles. The van der Waals surface area contributed by atoms with E-state index in [1.807, 2.05) is 6.92 Å². The molecule has 0 bridgehead atoms. The van der Waals surface area contributed by atoms with Crippen LogP contribution in [-0.4, -0.2) is 19.0 Å². The topological polar surface area (TPSA) is 55.4 Å². The first-order valence-corrected chi connectivity index (χ1v) is 8.16. The van der Waals surface area contributed by atoms with Crippen LogP contribution in [0.4, 0.5) is 9.39 Å². The van der Waals surface area contributed by atoms with E-state index >= 15 is 0 Å². The van der Waals surface area contributed by atoms with Crippen molar-refractivity contribution in [1.82, 2.24) is 0 Å². The van der Waals surface area contributed by atoms with Crippen molar-refractivity contribution in [2.45, 2.75) is 13.8 Å². The van der Waals surface area contributed by atoms with Crippen molar-refractivity contribution >= 4 is 45.9 Å². The van der Waals surface area contributed by atoms with Gasteiger partial charge in [0, 0.05) is 16.5 Å². The number of methoxy groups -OCH3 is 1. The van der Waals surface area contributed by atoms with Gasteiger partial charge in [-0.05, 0) is 37.6 Å². The Labute approximate surface area is 147 Å². The minimum absolute atomic E-state index is 0.126. The summed E-state index contributed by atoms with van der Waals surface area (Å²) in [6, 6.07) is 4.27. The van der Waals surface area contributed by atoms with Crippen LogP contribution < -0.4 is 5.32 Å². The SMILES string of the molecule is COC(=O)c1c(NC(=O)/C=C/c2c(F)cccc2Cl)sc(C)c1C. The van der Waals surface area contributed by atoms with Crippen molar-refractivity contribution in [3.63, 3.8) is 0 Å². The molecule has 0 spiro atoms. The number of thiophene rings is 1. The maximum absolute atomic E-state index is 13.7. The molecule has 1 amide bonds. The van der Waals surface area contributed by atoms with Gasteiger partial charge in [-0.25, -0.2) is 9.18 Å². The Morgan fingerprint density at radius 3 is 2.67 bits per heavy atom. The van der Waals surface area contributed by atoms with E-state index in [-0.39, 0.29) is 10.6 Å². The first-order valence-electron chi connectivity index (χ1n) is 6.96. The first-order chi connectivity index (χ1) is 11.3. The zero-order valence-electron chi connectivity index (χ0n) is 13.3. The third kappa shape index (κ3) is 3.83. The number of carbonyl (C=O) groups excluding carboxylic acids is 2. The first kappa shape index (κ1) is 18.2. The van der Waals surface area contributed by atoms with E-state index in [1.54, 1.807) is 6.92 Å². The highest BCUT2D eigenvalue weighted by molar-refractivity contribution is 7.16. The zero-order valence-corrected chi connectivity index (χ0v) is 14.8. The lowest BCUT2D eigenvalue weighted by Gasteiger charge is -2.04. The van der Waals surface area contributed by atoms with Gasteiger partial charge in [0.15, 0.2) is 0 Å². The summed E-state index contributed by atoms with van der Waals surface area (Å²) in [4.78, 5) is 24.8. The molecule has 1 N–H and O–H groups in total. The molecule has 0 aliphatic carbocycles. The van der Waals surface area contributed by atoms with Crippen molar-refractivity contribution in [1.29, 1.82) is 0 Å². The Bertz CT molecular complexity index is 809. The fourth-order valence-corrected chi connectivity index (χ4v) is 3.32. The van der Waals surface area contributed by atoms with Gasteiger partial charge in [0.2, 0.25) is 5.91 Å². The van der Waals surface area contributed by atoms with E-state index in [4.69, 9.17) is 16.3 Å². The summed E-state index contributed by atoms with van der Waals surface area (Å²) in [7, 11) is 1.28. The molecule has 1 aromatic carbocycles. The molecule has 1 heterocycles. The van der Waals surface area contributed by atoms with E-state index < -0.39 is 17.7 Å². The molecule has 0 saturated heterocycles. The minimum Gasteiger partial charge on any atom is -0.465 e. The number of aryl methyl sites for hydroxylation is 1. The van der Waals surface area contributed by atoms with E-state index in [2.05, 4.69) is 5.32 Å². The summed E-state index contributed by atoms with van der Waals surface area (Å²) in [5, 5.41) is 3.22. The third-order valence-corrected chi connectivity index (χ3v) is 4.86. The number of amides is 1. The standard InChI is InChI=1S/C17H15ClFNO3S/c1-9-10(2)24-16(15(9)17(22)23-3)20-14(21)8-7-11-12(18)5-4-6-13(11)19/h4-8H,1-3H3,(H,20,21)/b8-7+. The molecule has 0 radical (unpaired) electrons. The molecule has 0 saturated carbocycles. The van der Waals surface area contributed by atoms with E-state index in [9.17, 15) is 14.0 Å². The number of halogens is 2. The van der Waals surface area contributed by atoms with Crippen LogP contribution in [0.5, 0.6) is 0 Å². The number of carbonyl (C=O) groups is 2. The third-order valence-electron chi connectivity index (χ3n) is 3.41. The highest BCUT2D eigenvalue weighted by Crippen LogP contribution is 2.33. The fraction of sp³-hybridized carbons (Fsp3) is 0.176. The second-order valence-electron chi connectivity index (χ2n) is 4.94. The smallest absolute Gasteiger partial charge is 0.341 e. The Hall–Kier alpha value is -2.18. The summed E-state index contributed by atoms with van der Waals surface area (Å²) in [5.74, 6) is -1.54. The molecule has 0 aliphatic rings. The maximum Gasteiger partial charge on any atom is 0.341 e. The Morgan fingerprint density at radius 2 is 2.04 bits per heavy atom. The van der Waals surface area contributed by atoms with Gasteiger partial charge in [0.05, 0.1) is 17.7 Å². The average Bonchev–Trinajstić information content (AvgIpc) is 2.80. The number of anilines is 1. The van der Waals surface area contributed by atoms with Crippen molar-refractivity contribution in [2.24, 2.45) is 0 Å². The molecule has 7 heteroatoms. The second-order valence-corrected chi connectivity index (χ2v) is 6.57. The number of ether oxygens (including phenoxy) is 1. The monoisotopic (exact) mass is 367 g/mol. The van der Waals surface area contributed by atoms with Gasteiger partial charge in [-0.3, -0.25) is 4.79 Å². The largest absolute Gasteiger partial charge is 0.465 e. The summed E-state index contributed by atoms with van der Waals surface area (Å²) >= 11 is 7.17. The van der Waals surface area contributed by atoms with Crippen LogP contribution >= 0.6 is 22.9 Å². The van der Waals surface area contributed by atoms with Gasteiger partial charge in [-0.15, -0.1) is 11.3 Å². The van der Waals surface area contributed by atoms with Crippen LogP contribution in [0.25, 0.3) is 6.08 Å². The Kier molecular flexibility index (Phi) is 5.75. The fourth-order valence-electron chi connectivity index (χ4n) is 2.05. The molecule has 0 atom stereocenters. The van der Waals surface area contributed by atoms with Gasteiger partial charge in [0.25, 0.3) is 0 Å². The molecular formula is C17H15ClFNO3S. The predicted molar refractivity (Wildman–Crippen MR) is 94.2 cm³/mol. The number of rotatable bonds is 4. The minimum atomic E-state index is -0.524. The van der Waals surface area contributed by atoms with E-state index in [0.29, 0.717) is 10.6 Å². The van der Waals surface area contributed by atoms with Crippen molar-refractivity contribution in [3.8, 4) is 0 Å². The summed E-state index contributed by atoms with van der Waals surface area (Å²) in [6.45, 7) is 3.62. The molecule has 0 unspecified atom stereocenters. The molecule has 2 aromatic rings. The highest BCUT2D eigenvalue weighted by atomic mass is 35.5. The maximum atomic E-state index is 13.7. The summed E-state index contributed by atoms with van der Waals surface area (Å²) in [5.41, 5.74) is 1.20. The number of hydrogen-bond acceptors (Lipinski definition) is 4. The lowest BCUT2D eigenvalue weighted by molar-refractivity contribution is -0.111. The predicted octanol–water partition coefficient (Wildman–Crippen LogP) is 4.60. The average molecular weight is 368 g/mol. The molecule has 2 rings (SSSR count). The summed E-state index contributed by atoms with van der Waals surface area (Å²) < 4.78 is 18.4. The van der Waals surface area contributed by atoms with Gasteiger partial charge < -0.3 is 10.1 Å². The van der Waals surface area contributed by atoms with Crippen LogP contribution in [0, 0.1) is 19.7 Å². The molecule has 0 aliphatic heterocycles. The number of benzene rings is 1. The van der Waals surface area contributed by atoms with Gasteiger partial charge in [0.1, 0.15) is 10.8 Å². The molecule has 0 fully saturated rings. The van der Waals surface area contributed by atoms with Crippen LogP contribution in [0.15, 0.2) is 24.3 Å². The van der Waals surface area contributed by atoms with Crippen LogP contribution in [-0.2, 0) is 9.53 Å². The van der Waals surface area contributed by atoms with Gasteiger partial charge >= 0.3 is 5.97 Å². The van der Waals surface area contributed by atoms with Gasteiger partial charge in [-0.2, -0.15) is 0 Å². The van der Waals surface area contributed by atoms with Crippen molar-refractivity contribution < 1.29 is 18.7 Å². The lowest BCUT2D eigenvalue weighted by Crippen LogP contribution is -2.11. The summed E-state index contributed by atoms with van der Waals surface area (Å²) in [6.07, 6.45) is 2.45. The van der Waals surface area contributed by atoms with Crippen LogP contribution in [0.2, 0.25) is 5.02 Å². The lowest BCUT2D eigenvalue weighted by atomic mass is 10.1. The second kappa shape index (κ2) is 7.59. The van der Waals surface area contributed by atoms with E-state index in [0.717, 1.165) is 16.5 Å².